The Labute approximate surface area is 116 Å². The number of carbonyl (C=O) groups is 1. The molecule has 1 saturated carbocycles. The molecule has 1 aliphatic carbocycles. The van der Waals surface area contributed by atoms with Gasteiger partial charge in [-0.3, -0.25) is 9.69 Å². The fraction of sp³-hybridized carbons (Fsp3) is 0.923. The second-order valence-corrected chi connectivity index (χ2v) is 5.48. The molecule has 2 aliphatic rings. The molecule has 1 saturated heterocycles. The molecule has 0 aromatic rings. The normalized spacial score (nSPS) is 23.4. The number of nitrogens with one attached hydrogen (secondary N) is 1. The van der Waals surface area contributed by atoms with Crippen LogP contribution in [0, 0.1) is 0 Å². The molecule has 0 unspecified atom stereocenters. The number of rotatable bonds is 3. The molecule has 2 rings (SSSR count). The predicted molar refractivity (Wildman–Crippen MR) is 76.2 cm³/mol. The van der Waals surface area contributed by atoms with Crippen LogP contribution in [-0.2, 0) is 4.79 Å². The number of piperazine rings is 1. The van der Waals surface area contributed by atoms with Gasteiger partial charge in [-0.2, -0.15) is 0 Å². The second kappa shape index (κ2) is 7.97. The zero-order valence-corrected chi connectivity index (χ0v) is 12.2. The Bertz CT molecular complexity index is 249. The van der Waals surface area contributed by atoms with Gasteiger partial charge in [0.2, 0.25) is 5.91 Å². The largest absolute Gasteiger partial charge is 0.352 e. The van der Waals surface area contributed by atoms with Crippen LogP contribution in [-0.4, -0.2) is 61.5 Å². The molecule has 1 heterocycles. The molecule has 0 aromatic heterocycles. The highest BCUT2D eigenvalue weighted by atomic mass is 35.5. The molecule has 1 N–H and O–H groups in total. The van der Waals surface area contributed by atoms with Crippen LogP contribution in [0.4, 0.5) is 0 Å². The Morgan fingerprint density at radius 2 is 1.72 bits per heavy atom. The molecule has 0 spiro atoms. The fourth-order valence-corrected chi connectivity index (χ4v) is 2.73. The first-order valence-electron chi connectivity index (χ1n) is 6.94. The van der Waals surface area contributed by atoms with Gasteiger partial charge >= 0.3 is 0 Å². The van der Waals surface area contributed by atoms with Gasteiger partial charge in [0.05, 0.1) is 6.54 Å². The van der Waals surface area contributed by atoms with Gasteiger partial charge in [0.1, 0.15) is 0 Å². The van der Waals surface area contributed by atoms with Crippen molar-refractivity contribution in [1.29, 1.82) is 0 Å². The molecule has 0 radical (unpaired) electrons. The molecule has 4 nitrogen and oxygen atoms in total. The molecule has 106 valence electrons. The Morgan fingerprint density at radius 1 is 1.11 bits per heavy atom. The zero-order valence-electron chi connectivity index (χ0n) is 11.4. The van der Waals surface area contributed by atoms with E-state index in [1.54, 1.807) is 0 Å². The van der Waals surface area contributed by atoms with E-state index in [9.17, 15) is 4.79 Å². The molecule has 5 heteroatoms. The average Bonchev–Trinajstić information content (AvgIpc) is 2.33. The van der Waals surface area contributed by atoms with Crippen molar-refractivity contribution in [2.24, 2.45) is 0 Å². The van der Waals surface area contributed by atoms with Gasteiger partial charge in [-0.1, -0.05) is 19.3 Å². The van der Waals surface area contributed by atoms with Gasteiger partial charge < -0.3 is 10.2 Å². The molecular formula is C13H26ClN3O. The van der Waals surface area contributed by atoms with E-state index >= 15 is 0 Å². The second-order valence-electron chi connectivity index (χ2n) is 5.48. The van der Waals surface area contributed by atoms with Crippen LogP contribution in [0.1, 0.15) is 32.1 Å². The van der Waals surface area contributed by atoms with Gasteiger partial charge in [0.25, 0.3) is 0 Å². The lowest BCUT2D eigenvalue weighted by Gasteiger charge is -2.32. The van der Waals surface area contributed by atoms with Crippen molar-refractivity contribution in [3.8, 4) is 0 Å². The molecule has 0 bridgehead atoms. The van der Waals surface area contributed by atoms with Crippen LogP contribution in [0.3, 0.4) is 0 Å². The minimum absolute atomic E-state index is 0. The van der Waals surface area contributed by atoms with E-state index in [4.69, 9.17) is 0 Å². The number of hydrogen-bond donors (Lipinski definition) is 1. The van der Waals surface area contributed by atoms with Crippen LogP contribution in [0.15, 0.2) is 0 Å². The van der Waals surface area contributed by atoms with Crippen molar-refractivity contribution in [2.45, 2.75) is 38.1 Å². The molecule has 1 aliphatic heterocycles. The number of carbonyl (C=O) groups excluding carboxylic acids is 1. The van der Waals surface area contributed by atoms with Crippen molar-refractivity contribution >= 4 is 18.3 Å². The summed E-state index contributed by atoms with van der Waals surface area (Å²) in [7, 11) is 2.14. The fourth-order valence-electron chi connectivity index (χ4n) is 2.73. The van der Waals surface area contributed by atoms with Gasteiger partial charge in [-0.05, 0) is 19.9 Å². The molecule has 18 heavy (non-hydrogen) atoms. The van der Waals surface area contributed by atoms with Crippen LogP contribution in [0.25, 0.3) is 0 Å². The first kappa shape index (κ1) is 15.7. The monoisotopic (exact) mass is 275 g/mol. The van der Waals surface area contributed by atoms with E-state index in [1.165, 1.54) is 32.1 Å². The molecular weight excluding hydrogens is 250 g/mol. The van der Waals surface area contributed by atoms with E-state index in [0.717, 1.165) is 26.2 Å². The number of likely N-dealkylation sites (N-methyl/N-ethyl adjacent to an activating group) is 1. The van der Waals surface area contributed by atoms with E-state index in [2.05, 4.69) is 22.2 Å². The number of amides is 1. The van der Waals surface area contributed by atoms with E-state index in [-0.39, 0.29) is 18.3 Å². The third-order valence-electron chi connectivity index (χ3n) is 3.93. The highest BCUT2D eigenvalue weighted by Crippen LogP contribution is 2.17. The quantitative estimate of drug-likeness (QED) is 0.838. The third-order valence-corrected chi connectivity index (χ3v) is 3.93. The maximum absolute atomic E-state index is 11.9. The Kier molecular flexibility index (Phi) is 6.97. The SMILES string of the molecule is CN1CCN(CC(=O)NC2CCCCC2)CC1.Cl. The Hall–Kier alpha value is -0.320. The number of nitrogens with zero attached hydrogens (tertiary/aromatic N) is 2. The van der Waals surface area contributed by atoms with Crippen LogP contribution < -0.4 is 5.32 Å². The maximum atomic E-state index is 11.9. The summed E-state index contributed by atoms with van der Waals surface area (Å²) >= 11 is 0. The lowest BCUT2D eigenvalue weighted by atomic mass is 9.95. The molecule has 2 fully saturated rings. The topological polar surface area (TPSA) is 35.6 Å². The van der Waals surface area contributed by atoms with Gasteiger partial charge in [0.15, 0.2) is 0 Å². The maximum Gasteiger partial charge on any atom is 0.234 e. The smallest absolute Gasteiger partial charge is 0.234 e. The third kappa shape index (κ3) is 5.12. The van der Waals surface area contributed by atoms with Gasteiger partial charge in [-0.15, -0.1) is 12.4 Å². The summed E-state index contributed by atoms with van der Waals surface area (Å²) in [6.07, 6.45) is 6.24. The van der Waals surface area contributed by atoms with E-state index < -0.39 is 0 Å². The Morgan fingerprint density at radius 3 is 2.33 bits per heavy atom. The minimum Gasteiger partial charge on any atom is -0.352 e. The predicted octanol–water partition coefficient (Wildman–Crippen LogP) is 1.10. The Balaban J connectivity index is 0.00000162. The van der Waals surface area contributed by atoms with E-state index in [0.29, 0.717) is 12.6 Å². The standard InChI is InChI=1S/C13H25N3O.ClH/c1-15-7-9-16(10-8-15)11-13(17)14-12-5-3-2-4-6-12;/h12H,2-11H2,1H3,(H,14,17);1H. The molecule has 0 aromatic carbocycles. The summed E-state index contributed by atoms with van der Waals surface area (Å²) in [6, 6.07) is 0.448. The minimum atomic E-state index is 0. The summed E-state index contributed by atoms with van der Waals surface area (Å²) in [5.74, 6) is 0.224. The molecule has 0 atom stereocenters. The summed E-state index contributed by atoms with van der Waals surface area (Å²) < 4.78 is 0. The van der Waals surface area contributed by atoms with Crippen molar-refractivity contribution in [2.75, 3.05) is 39.8 Å². The average molecular weight is 276 g/mol. The zero-order chi connectivity index (χ0) is 12.1. The first-order chi connectivity index (χ1) is 8.24. The van der Waals surface area contributed by atoms with E-state index in [1.807, 2.05) is 0 Å². The number of halogens is 1. The van der Waals surface area contributed by atoms with Crippen molar-refractivity contribution in [3.63, 3.8) is 0 Å². The highest BCUT2D eigenvalue weighted by molar-refractivity contribution is 5.85. The van der Waals surface area contributed by atoms with Crippen molar-refractivity contribution in [3.05, 3.63) is 0 Å². The highest BCUT2D eigenvalue weighted by Gasteiger charge is 2.19. The lowest BCUT2D eigenvalue weighted by molar-refractivity contribution is -0.123. The number of hydrogen-bond acceptors (Lipinski definition) is 3. The van der Waals surface area contributed by atoms with Crippen molar-refractivity contribution < 1.29 is 4.79 Å². The summed E-state index contributed by atoms with van der Waals surface area (Å²) in [6.45, 7) is 4.79. The van der Waals surface area contributed by atoms with Gasteiger partial charge in [-0.25, -0.2) is 0 Å². The van der Waals surface area contributed by atoms with Crippen molar-refractivity contribution in [1.82, 2.24) is 15.1 Å². The first-order valence-corrected chi connectivity index (χ1v) is 6.94. The van der Waals surface area contributed by atoms with Gasteiger partial charge in [0, 0.05) is 32.2 Å². The summed E-state index contributed by atoms with van der Waals surface area (Å²) in [5.41, 5.74) is 0. The van der Waals surface area contributed by atoms with Crippen LogP contribution >= 0.6 is 12.4 Å². The van der Waals surface area contributed by atoms with Crippen LogP contribution in [0.2, 0.25) is 0 Å². The lowest BCUT2D eigenvalue weighted by Crippen LogP contribution is -2.49. The summed E-state index contributed by atoms with van der Waals surface area (Å²) in [5, 5.41) is 3.18. The van der Waals surface area contributed by atoms with Crippen LogP contribution in [0.5, 0.6) is 0 Å². The molecule has 1 amide bonds. The summed E-state index contributed by atoms with van der Waals surface area (Å²) in [4.78, 5) is 16.5.